The number of rotatable bonds is 16. The molecule has 0 bridgehead atoms. The molecular weight excluding hydrogens is 266 g/mol. The van der Waals surface area contributed by atoms with Crippen LogP contribution in [0.2, 0.25) is 0 Å². The third kappa shape index (κ3) is 19.7. The molecule has 0 atom stereocenters. The van der Waals surface area contributed by atoms with Gasteiger partial charge in [-0.05, 0) is 18.9 Å². The monoisotopic (exact) mass is 310 g/mol. The van der Waals surface area contributed by atoms with Crippen molar-refractivity contribution < 1.29 is 4.48 Å². The molecule has 0 unspecified atom stereocenters. The molecule has 0 fully saturated rings. The van der Waals surface area contributed by atoms with Crippen molar-refractivity contribution in [3.63, 3.8) is 0 Å². The standard InChI is InChI=1S/C21H44N/c1-5-6-7-8-9-10-11-12-13-14-15-16-17-18-19-20-21-22(2,3)4/h20-21H,5-19H2,1-4H3/q+1. The van der Waals surface area contributed by atoms with Crippen molar-refractivity contribution in [2.75, 3.05) is 21.1 Å². The summed E-state index contributed by atoms with van der Waals surface area (Å²) in [5.74, 6) is 0. The number of unbranched alkanes of at least 4 members (excludes halogenated alkanes) is 14. The minimum atomic E-state index is 0.943. The Hall–Kier alpha value is -0.300. The zero-order valence-corrected chi connectivity index (χ0v) is 16.2. The van der Waals surface area contributed by atoms with Gasteiger partial charge >= 0.3 is 0 Å². The fraction of sp³-hybridized carbons (Fsp3) is 0.905. The van der Waals surface area contributed by atoms with E-state index in [4.69, 9.17) is 0 Å². The Balaban J connectivity index is 3.07. The van der Waals surface area contributed by atoms with Crippen LogP contribution in [0.15, 0.2) is 12.3 Å². The van der Waals surface area contributed by atoms with Crippen LogP contribution in [0.25, 0.3) is 0 Å². The van der Waals surface area contributed by atoms with Crippen LogP contribution in [-0.2, 0) is 0 Å². The van der Waals surface area contributed by atoms with Crippen molar-refractivity contribution in [1.82, 2.24) is 0 Å². The highest BCUT2D eigenvalue weighted by Crippen LogP contribution is 2.13. The first-order valence-electron chi connectivity index (χ1n) is 10.0. The molecule has 0 aliphatic rings. The summed E-state index contributed by atoms with van der Waals surface area (Å²) in [5, 5.41) is 0. The van der Waals surface area contributed by atoms with E-state index in [0.29, 0.717) is 0 Å². The maximum Gasteiger partial charge on any atom is 0.0911 e. The Bertz CT molecular complexity index is 237. The first kappa shape index (κ1) is 21.7. The molecule has 1 nitrogen and oxygen atoms in total. The van der Waals surface area contributed by atoms with Gasteiger partial charge in [0.05, 0.1) is 27.3 Å². The summed E-state index contributed by atoms with van der Waals surface area (Å²) in [6.07, 6.45) is 26.1. The third-order valence-electron chi connectivity index (χ3n) is 4.28. The van der Waals surface area contributed by atoms with Gasteiger partial charge in [-0.3, -0.25) is 0 Å². The minimum Gasteiger partial charge on any atom is -0.305 e. The van der Waals surface area contributed by atoms with Gasteiger partial charge < -0.3 is 4.48 Å². The second kappa shape index (κ2) is 15.6. The van der Waals surface area contributed by atoms with E-state index in [1.165, 1.54) is 96.3 Å². The Morgan fingerprint density at radius 1 is 0.545 bits per heavy atom. The van der Waals surface area contributed by atoms with E-state index in [-0.39, 0.29) is 0 Å². The second-order valence-corrected chi connectivity index (χ2v) is 7.89. The summed E-state index contributed by atoms with van der Waals surface area (Å²) in [6.45, 7) is 2.29. The average Bonchev–Trinajstić information content (AvgIpc) is 2.45. The molecule has 0 aromatic rings. The molecule has 0 aliphatic carbocycles. The van der Waals surface area contributed by atoms with E-state index in [1.807, 2.05) is 0 Å². The summed E-state index contributed by atoms with van der Waals surface area (Å²) in [5.41, 5.74) is 0. The molecular formula is C21H44N+. The lowest BCUT2D eigenvalue weighted by atomic mass is 10.0. The smallest absolute Gasteiger partial charge is 0.0911 e. The van der Waals surface area contributed by atoms with Crippen molar-refractivity contribution in [3.05, 3.63) is 12.3 Å². The predicted molar refractivity (Wildman–Crippen MR) is 102 cm³/mol. The summed E-state index contributed by atoms with van der Waals surface area (Å²) in [7, 11) is 6.63. The molecule has 0 aromatic carbocycles. The van der Waals surface area contributed by atoms with Crippen molar-refractivity contribution in [2.24, 2.45) is 0 Å². The third-order valence-corrected chi connectivity index (χ3v) is 4.28. The van der Waals surface area contributed by atoms with Gasteiger partial charge in [0, 0.05) is 0 Å². The number of allylic oxidation sites excluding steroid dienone is 1. The highest BCUT2D eigenvalue weighted by Gasteiger charge is 1.98. The van der Waals surface area contributed by atoms with E-state index in [9.17, 15) is 0 Å². The van der Waals surface area contributed by atoms with E-state index in [1.54, 1.807) is 0 Å². The van der Waals surface area contributed by atoms with Crippen LogP contribution in [0.4, 0.5) is 0 Å². The first-order valence-corrected chi connectivity index (χ1v) is 10.0. The molecule has 22 heavy (non-hydrogen) atoms. The fourth-order valence-corrected chi connectivity index (χ4v) is 2.85. The molecule has 0 saturated heterocycles. The highest BCUT2D eigenvalue weighted by molar-refractivity contribution is 4.72. The summed E-state index contributed by atoms with van der Waals surface area (Å²) in [4.78, 5) is 0. The van der Waals surface area contributed by atoms with Gasteiger partial charge in [0.1, 0.15) is 0 Å². The zero-order chi connectivity index (χ0) is 16.5. The van der Waals surface area contributed by atoms with Crippen molar-refractivity contribution in [1.29, 1.82) is 0 Å². The van der Waals surface area contributed by atoms with Gasteiger partial charge in [0.25, 0.3) is 0 Å². The Kier molecular flexibility index (Phi) is 15.4. The summed E-state index contributed by atoms with van der Waals surface area (Å²) < 4.78 is 0.943. The molecule has 0 radical (unpaired) electrons. The van der Waals surface area contributed by atoms with E-state index in [2.05, 4.69) is 40.3 Å². The maximum atomic E-state index is 2.35. The molecule has 0 N–H and O–H groups in total. The maximum absolute atomic E-state index is 2.35. The van der Waals surface area contributed by atoms with Crippen LogP contribution in [0.1, 0.15) is 103 Å². The summed E-state index contributed by atoms with van der Waals surface area (Å²) in [6, 6.07) is 0. The van der Waals surface area contributed by atoms with E-state index >= 15 is 0 Å². The van der Waals surface area contributed by atoms with Crippen LogP contribution in [0, 0.1) is 0 Å². The molecule has 0 rings (SSSR count). The van der Waals surface area contributed by atoms with Gasteiger partial charge in [-0.25, -0.2) is 0 Å². The Morgan fingerprint density at radius 3 is 1.27 bits per heavy atom. The zero-order valence-electron chi connectivity index (χ0n) is 16.2. The molecule has 0 aromatic heterocycles. The van der Waals surface area contributed by atoms with Crippen molar-refractivity contribution in [3.8, 4) is 0 Å². The second-order valence-electron chi connectivity index (χ2n) is 7.89. The molecule has 1 heteroatoms. The van der Waals surface area contributed by atoms with Gasteiger partial charge in [0.15, 0.2) is 0 Å². The molecule has 0 spiro atoms. The Morgan fingerprint density at radius 2 is 0.909 bits per heavy atom. The number of hydrogen-bond acceptors (Lipinski definition) is 0. The topological polar surface area (TPSA) is 0 Å². The SMILES string of the molecule is CCCCCCCCCCCCCCCCC=C[N+](C)(C)C. The molecule has 132 valence electrons. The van der Waals surface area contributed by atoms with Crippen LogP contribution in [-0.4, -0.2) is 25.6 Å². The van der Waals surface area contributed by atoms with Gasteiger partial charge in [-0.2, -0.15) is 0 Å². The van der Waals surface area contributed by atoms with Gasteiger partial charge in [-0.15, -0.1) is 0 Å². The van der Waals surface area contributed by atoms with Gasteiger partial charge in [0.2, 0.25) is 0 Å². The van der Waals surface area contributed by atoms with Crippen molar-refractivity contribution in [2.45, 2.75) is 103 Å². The molecule has 0 amide bonds. The number of hydrogen-bond donors (Lipinski definition) is 0. The van der Waals surface area contributed by atoms with E-state index < -0.39 is 0 Å². The van der Waals surface area contributed by atoms with Crippen LogP contribution < -0.4 is 0 Å². The number of quaternary nitrogens is 1. The summed E-state index contributed by atoms with van der Waals surface area (Å²) >= 11 is 0. The Labute approximate surface area is 141 Å². The fourth-order valence-electron chi connectivity index (χ4n) is 2.85. The molecule has 0 saturated carbocycles. The normalized spacial score (nSPS) is 12.4. The number of nitrogens with zero attached hydrogens (tertiary/aromatic N) is 1. The molecule has 0 aliphatic heterocycles. The largest absolute Gasteiger partial charge is 0.305 e. The lowest BCUT2D eigenvalue weighted by Crippen LogP contribution is -2.26. The first-order chi connectivity index (χ1) is 10.6. The van der Waals surface area contributed by atoms with Crippen LogP contribution in [0.5, 0.6) is 0 Å². The average molecular weight is 311 g/mol. The lowest BCUT2D eigenvalue weighted by molar-refractivity contribution is -0.817. The van der Waals surface area contributed by atoms with Crippen molar-refractivity contribution >= 4 is 0 Å². The lowest BCUT2D eigenvalue weighted by Gasteiger charge is -2.17. The minimum absolute atomic E-state index is 0.943. The predicted octanol–water partition coefficient (Wildman–Crippen LogP) is 7.08. The quantitative estimate of drug-likeness (QED) is 0.211. The van der Waals surface area contributed by atoms with Crippen LogP contribution in [0.3, 0.4) is 0 Å². The van der Waals surface area contributed by atoms with E-state index in [0.717, 1.165) is 4.48 Å². The van der Waals surface area contributed by atoms with Gasteiger partial charge in [-0.1, -0.05) is 90.4 Å². The highest BCUT2D eigenvalue weighted by atomic mass is 15.3. The van der Waals surface area contributed by atoms with Crippen LogP contribution >= 0.6 is 0 Å². The molecule has 0 heterocycles.